The Morgan fingerprint density at radius 1 is 1.35 bits per heavy atom. The number of hydrogen-bond donors (Lipinski definition) is 1. The van der Waals surface area contributed by atoms with E-state index in [1.807, 2.05) is 0 Å². The highest BCUT2D eigenvalue weighted by Crippen LogP contribution is 2.34. The van der Waals surface area contributed by atoms with Crippen molar-refractivity contribution in [2.45, 2.75) is 51.7 Å². The van der Waals surface area contributed by atoms with Crippen LogP contribution in [-0.4, -0.2) is 25.3 Å². The van der Waals surface area contributed by atoms with E-state index in [9.17, 15) is 18.0 Å². The van der Waals surface area contributed by atoms with Crippen molar-refractivity contribution in [1.29, 1.82) is 0 Å². The Morgan fingerprint density at radius 2 is 1.88 bits per heavy atom. The Kier molecular flexibility index (Phi) is 5.95. The van der Waals surface area contributed by atoms with Crippen LogP contribution in [0.5, 0.6) is 0 Å². The summed E-state index contributed by atoms with van der Waals surface area (Å²) in [5.41, 5.74) is 5.08. The lowest BCUT2D eigenvalue weighted by Crippen LogP contribution is -2.39. The van der Waals surface area contributed by atoms with Crippen LogP contribution in [0.3, 0.4) is 0 Å². The van der Waals surface area contributed by atoms with Gasteiger partial charge in [0.25, 0.3) is 0 Å². The minimum atomic E-state index is -4.16. The Balaban J connectivity index is 4.37. The third kappa shape index (κ3) is 6.51. The van der Waals surface area contributed by atoms with Gasteiger partial charge in [-0.25, -0.2) is 0 Å². The number of nitrogens with two attached hydrogens (primary N) is 1. The zero-order valence-corrected chi connectivity index (χ0v) is 10.4. The maximum atomic E-state index is 12.0. The van der Waals surface area contributed by atoms with Gasteiger partial charge in [0.15, 0.2) is 0 Å². The number of hydrogen-bond acceptors (Lipinski definition) is 3. The molecule has 0 aliphatic carbocycles. The van der Waals surface area contributed by atoms with Gasteiger partial charge in [0, 0.05) is 12.5 Å². The molecule has 3 nitrogen and oxygen atoms in total. The summed E-state index contributed by atoms with van der Waals surface area (Å²) in [5.74, 6) is -0.447. The molecule has 17 heavy (non-hydrogen) atoms. The number of rotatable bonds is 6. The van der Waals surface area contributed by atoms with Gasteiger partial charge in [-0.15, -0.1) is 0 Å². The second-order valence-electron chi connectivity index (χ2n) is 4.66. The minimum absolute atomic E-state index is 0.0292. The van der Waals surface area contributed by atoms with Gasteiger partial charge >= 0.3 is 12.1 Å². The minimum Gasteiger partial charge on any atom is -0.469 e. The lowest BCUT2D eigenvalue weighted by atomic mass is 9.76. The highest BCUT2D eigenvalue weighted by molar-refractivity contribution is 5.70. The molecule has 0 saturated heterocycles. The number of carbonyl (C=O) groups is 1. The van der Waals surface area contributed by atoms with Crippen molar-refractivity contribution in [3.63, 3.8) is 0 Å². The molecule has 0 amide bonds. The molecule has 0 aliphatic heterocycles. The Bertz CT molecular complexity index is 254. The average molecular weight is 255 g/mol. The smallest absolute Gasteiger partial charge is 0.389 e. The second-order valence-corrected chi connectivity index (χ2v) is 4.66. The molecular formula is C11H20F3NO2. The molecule has 0 spiro atoms. The number of methoxy groups -OCH3 is 1. The molecular weight excluding hydrogens is 235 g/mol. The molecule has 0 radical (unpaired) electrons. The van der Waals surface area contributed by atoms with Crippen molar-refractivity contribution >= 4 is 5.97 Å². The summed E-state index contributed by atoms with van der Waals surface area (Å²) in [7, 11) is 1.25. The third-order valence-corrected chi connectivity index (χ3v) is 3.08. The van der Waals surface area contributed by atoms with Crippen LogP contribution >= 0.6 is 0 Å². The maximum absolute atomic E-state index is 12.0. The SMILES string of the molecule is COC(=O)CC(C)(CCCC(F)(F)F)C(C)N. The fourth-order valence-corrected chi connectivity index (χ4v) is 1.57. The molecule has 2 N–H and O–H groups in total. The molecule has 0 aromatic carbocycles. The lowest BCUT2D eigenvalue weighted by molar-refractivity contribution is -0.144. The Labute approximate surface area is 99.5 Å². The first-order valence-electron chi connectivity index (χ1n) is 5.50. The van der Waals surface area contributed by atoms with Crippen LogP contribution in [0.4, 0.5) is 13.2 Å². The molecule has 2 atom stereocenters. The van der Waals surface area contributed by atoms with E-state index in [0.717, 1.165) is 0 Å². The molecule has 0 fully saturated rings. The highest BCUT2D eigenvalue weighted by atomic mass is 19.4. The van der Waals surface area contributed by atoms with Gasteiger partial charge in [0.05, 0.1) is 13.5 Å². The quantitative estimate of drug-likeness (QED) is 0.742. The van der Waals surface area contributed by atoms with Crippen molar-refractivity contribution in [3.8, 4) is 0 Å². The Morgan fingerprint density at radius 3 is 2.24 bits per heavy atom. The van der Waals surface area contributed by atoms with Gasteiger partial charge in [0.2, 0.25) is 0 Å². The van der Waals surface area contributed by atoms with Crippen LogP contribution in [0.15, 0.2) is 0 Å². The first-order chi connectivity index (χ1) is 7.60. The summed E-state index contributed by atoms with van der Waals surface area (Å²) in [6.45, 7) is 3.40. The van der Waals surface area contributed by atoms with E-state index in [2.05, 4.69) is 4.74 Å². The fourth-order valence-electron chi connectivity index (χ4n) is 1.57. The van der Waals surface area contributed by atoms with Crippen molar-refractivity contribution in [3.05, 3.63) is 0 Å². The predicted octanol–water partition coefficient (Wildman–Crippen LogP) is 2.64. The van der Waals surface area contributed by atoms with E-state index in [4.69, 9.17) is 5.73 Å². The normalized spacial score (nSPS) is 17.4. The summed E-state index contributed by atoms with van der Waals surface area (Å²) in [4.78, 5) is 11.2. The van der Waals surface area contributed by atoms with E-state index in [0.29, 0.717) is 0 Å². The first-order valence-corrected chi connectivity index (χ1v) is 5.50. The van der Waals surface area contributed by atoms with Gasteiger partial charge in [0.1, 0.15) is 0 Å². The van der Waals surface area contributed by atoms with Crippen LogP contribution < -0.4 is 5.73 Å². The molecule has 0 aliphatic rings. The van der Waals surface area contributed by atoms with E-state index in [-0.39, 0.29) is 25.3 Å². The molecule has 0 heterocycles. The first kappa shape index (κ1) is 16.2. The van der Waals surface area contributed by atoms with Crippen LogP contribution in [0.25, 0.3) is 0 Å². The van der Waals surface area contributed by atoms with Crippen LogP contribution in [0, 0.1) is 5.41 Å². The molecule has 6 heteroatoms. The number of carbonyl (C=O) groups excluding carboxylic acids is 1. The van der Waals surface area contributed by atoms with Crippen molar-refractivity contribution in [2.24, 2.45) is 11.1 Å². The second kappa shape index (κ2) is 6.23. The van der Waals surface area contributed by atoms with Gasteiger partial charge in [-0.2, -0.15) is 13.2 Å². The van der Waals surface area contributed by atoms with Crippen molar-refractivity contribution in [1.82, 2.24) is 0 Å². The average Bonchev–Trinajstić information content (AvgIpc) is 2.15. The summed E-state index contributed by atoms with van der Waals surface area (Å²) < 4.78 is 40.6. The van der Waals surface area contributed by atoms with Crippen molar-refractivity contribution < 1.29 is 22.7 Å². The summed E-state index contributed by atoms with van der Waals surface area (Å²) >= 11 is 0. The van der Waals surface area contributed by atoms with E-state index < -0.39 is 24.0 Å². The monoisotopic (exact) mass is 255 g/mol. The molecule has 0 aromatic rings. The third-order valence-electron chi connectivity index (χ3n) is 3.08. The van der Waals surface area contributed by atoms with Gasteiger partial charge < -0.3 is 10.5 Å². The Hall–Kier alpha value is -0.780. The summed E-state index contributed by atoms with van der Waals surface area (Å²) in [6, 6.07) is -0.366. The molecule has 0 aromatic heterocycles. The summed E-state index contributed by atoms with van der Waals surface area (Å²) in [6.07, 6.45) is -4.75. The standard InChI is InChI=1S/C11H20F3NO2/c1-8(15)10(2,7-9(16)17-3)5-4-6-11(12,13)14/h8H,4-7,15H2,1-3H3. The van der Waals surface area contributed by atoms with E-state index in [1.54, 1.807) is 13.8 Å². The molecule has 0 rings (SSSR count). The maximum Gasteiger partial charge on any atom is 0.389 e. The molecule has 0 bridgehead atoms. The van der Waals surface area contributed by atoms with Gasteiger partial charge in [-0.3, -0.25) is 4.79 Å². The van der Waals surface area contributed by atoms with Gasteiger partial charge in [-0.05, 0) is 25.2 Å². The van der Waals surface area contributed by atoms with Gasteiger partial charge in [-0.1, -0.05) is 6.92 Å². The zero-order valence-electron chi connectivity index (χ0n) is 10.4. The van der Waals surface area contributed by atoms with E-state index in [1.165, 1.54) is 7.11 Å². The summed E-state index contributed by atoms with van der Waals surface area (Å²) in [5, 5.41) is 0. The van der Waals surface area contributed by atoms with Crippen LogP contribution in [0.1, 0.15) is 39.5 Å². The zero-order chi connectivity index (χ0) is 13.7. The lowest BCUT2D eigenvalue weighted by Gasteiger charge is -2.32. The van der Waals surface area contributed by atoms with E-state index >= 15 is 0 Å². The van der Waals surface area contributed by atoms with Crippen molar-refractivity contribution in [2.75, 3.05) is 7.11 Å². The fraction of sp³-hybridized carbons (Fsp3) is 0.909. The number of alkyl halides is 3. The topological polar surface area (TPSA) is 52.3 Å². The van der Waals surface area contributed by atoms with Crippen LogP contribution in [-0.2, 0) is 9.53 Å². The highest BCUT2D eigenvalue weighted by Gasteiger charge is 2.34. The number of esters is 1. The molecule has 102 valence electrons. The number of halogens is 3. The van der Waals surface area contributed by atoms with Crippen LogP contribution in [0.2, 0.25) is 0 Å². The number of ether oxygens (including phenoxy) is 1. The largest absolute Gasteiger partial charge is 0.469 e. The molecule has 0 saturated carbocycles. The predicted molar refractivity (Wildman–Crippen MR) is 58.3 cm³/mol. The molecule has 2 unspecified atom stereocenters.